The molecular formula is C29H30ClN5O4. The molecule has 0 bridgehead atoms. The number of aryl methyl sites for hydroxylation is 1. The van der Waals surface area contributed by atoms with Gasteiger partial charge in [-0.15, -0.1) is 0 Å². The molecule has 0 radical (unpaired) electrons. The van der Waals surface area contributed by atoms with Crippen molar-refractivity contribution in [3.63, 3.8) is 0 Å². The number of fused-ring (bicyclic) bond motifs is 1. The molecule has 0 saturated carbocycles. The number of hydrogen-bond donors (Lipinski definition) is 0. The van der Waals surface area contributed by atoms with E-state index in [0.717, 1.165) is 5.56 Å². The van der Waals surface area contributed by atoms with Crippen LogP contribution in [0.5, 0.6) is 0 Å². The molecular weight excluding hydrogens is 518 g/mol. The summed E-state index contributed by atoms with van der Waals surface area (Å²) < 4.78 is 1.58. The molecule has 10 heteroatoms. The minimum Gasteiger partial charge on any atom is -0.327 e. The quantitative estimate of drug-likeness (QED) is 0.205. The van der Waals surface area contributed by atoms with Gasteiger partial charge in [0.1, 0.15) is 5.82 Å². The van der Waals surface area contributed by atoms with E-state index in [1.54, 1.807) is 27.7 Å². The van der Waals surface area contributed by atoms with Gasteiger partial charge >= 0.3 is 0 Å². The van der Waals surface area contributed by atoms with Gasteiger partial charge in [0, 0.05) is 25.2 Å². The third kappa shape index (κ3) is 5.84. The van der Waals surface area contributed by atoms with E-state index >= 15 is 0 Å². The number of likely N-dealkylation sites (N-methyl/N-ethyl adjacent to an activating group) is 1. The minimum atomic E-state index is -0.596. The lowest BCUT2D eigenvalue weighted by molar-refractivity contribution is -0.384. The molecule has 1 atom stereocenters. The normalized spacial score (nSPS) is 12.1. The third-order valence-electron chi connectivity index (χ3n) is 6.57. The predicted octanol–water partition coefficient (Wildman–Crippen LogP) is 5.41. The summed E-state index contributed by atoms with van der Waals surface area (Å²) >= 11 is 6.38. The zero-order valence-corrected chi connectivity index (χ0v) is 23.1. The van der Waals surface area contributed by atoms with Crippen LogP contribution in [-0.2, 0) is 0 Å². The van der Waals surface area contributed by atoms with Gasteiger partial charge in [-0.3, -0.25) is 24.3 Å². The van der Waals surface area contributed by atoms with Crippen LogP contribution >= 0.6 is 11.6 Å². The Bertz CT molecular complexity index is 1600. The van der Waals surface area contributed by atoms with Crippen molar-refractivity contribution in [2.75, 3.05) is 27.2 Å². The van der Waals surface area contributed by atoms with E-state index in [-0.39, 0.29) is 21.8 Å². The fraction of sp³-hybridized carbons (Fsp3) is 0.276. The summed E-state index contributed by atoms with van der Waals surface area (Å²) in [5, 5.41) is 11.7. The van der Waals surface area contributed by atoms with Gasteiger partial charge in [-0.2, -0.15) is 0 Å². The Morgan fingerprint density at radius 3 is 2.46 bits per heavy atom. The maximum atomic E-state index is 14.0. The molecule has 0 N–H and O–H groups in total. The lowest BCUT2D eigenvalue weighted by Gasteiger charge is -2.33. The highest BCUT2D eigenvalue weighted by Crippen LogP contribution is 2.30. The number of benzene rings is 3. The van der Waals surface area contributed by atoms with Crippen LogP contribution in [0, 0.1) is 17.0 Å². The molecule has 1 amide bonds. The number of halogens is 1. The Morgan fingerprint density at radius 1 is 1.08 bits per heavy atom. The second kappa shape index (κ2) is 11.8. The molecule has 1 heterocycles. The standard InChI is InChI=1S/C29H30ClN5O4/c1-5-26(33(16-15-32(3)4)28(36)22-14-13-21(35(38)39)18-24(22)30)27-31-25-12-7-6-11-23(25)29(37)34(27)20-10-8-9-19(2)17-20/h6-14,17-18,26H,5,15-16H2,1-4H3. The van der Waals surface area contributed by atoms with Crippen molar-refractivity contribution in [2.45, 2.75) is 26.3 Å². The number of carbonyl (C=O) groups excluding carboxylic acids is 1. The molecule has 0 aliphatic rings. The lowest BCUT2D eigenvalue weighted by atomic mass is 10.1. The van der Waals surface area contributed by atoms with Crippen molar-refractivity contribution in [1.29, 1.82) is 0 Å². The summed E-state index contributed by atoms with van der Waals surface area (Å²) in [7, 11) is 3.80. The van der Waals surface area contributed by atoms with E-state index in [0.29, 0.717) is 41.9 Å². The predicted molar refractivity (Wildman–Crippen MR) is 153 cm³/mol. The van der Waals surface area contributed by atoms with E-state index in [4.69, 9.17) is 16.6 Å². The van der Waals surface area contributed by atoms with Crippen molar-refractivity contribution in [1.82, 2.24) is 19.4 Å². The van der Waals surface area contributed by atoms with Gasteiger partial charge in [0.25, 0.3) is 17.2 Å². The largest absolute Gasteiger partial charge is 0.327 e. The highest BCUT2D eigenvalue weighted by atomic mass is 35.5. The second-order valence-electron chi connectivity index (χ2n) is 9.61. The van der Waals surface area contributed by atoms with Crippen LogP contribution in [0.1, 0.15) is 41.1 Å². The summed E-state index contributed by atoms with van der Waals surface area (Å²) in [6.07, 6.45) is 0.459. The van der Waals surface area contributed by atoms with Gasteiger partial charge in [0.2, 0.25) is 0 Å². The average molecular weight is 548 g/mol. The number of amides is 1. The molecule has 0 fully saturated rings. The van der Waals surface area contributed by atoms with Crippen LogP contribution in [0.15, 0.2) is 71.5 Å². The maximum absolute atomic E-state index is 14.0. The lowest BCUT2D eigenvalue weighted by Crippen LogP contribution is -2.42. The number of rotatable bonds is 9. The molecule has 202 valence electrons. The molecule has 9 nitrogen and oxygen atoms in total. The Kier molecular flexibility index (Phi) is 8.42. The van der Waals surface area contributed by atoms with Crippen molar-refractivity contribution < 1.29 is 9.72 Å². The van der Waals surface area contributed by atoms with E-state index in [9.17, 15) is 19.7 Å². The topological polar surface area (TPSA) is 102 Å². The Hall–Kier alpha value is -4.08. The van der Waals surface area contributed by atoms with E-state index in [2.05, 4.69) is 0 Å². The summed E-state index contributed by atoms with van der Waals surface area (Å²) in [6, 6.07) is 18.0. The molecule has 0 aliphatic carbocycles. The number of para-hydroxylation sites is 1. The first-order valence-corrected chi connectivity index (χ1v) is 13.0. The zero-order valence-electron chi connectivity index (χ0n) is 22.3. The van der Waals surface area contributed by atoms with E-state index in [1.165, 1.54) is 18.2 Å². The monoisotopic (exact) mass is 547 g/mol. The first kappa shape index (κ1) is 27.9. The van der Waals surface area contributed by atoms with Crippen molar-refractivity contribution in [2.24, 2.45) is 0 Å². The smallest absolute Gasteiger partial charge is 0.270 e. The van der Waals surface area contributed by atoms with Crippen molar-refractivity contribution in [3.8, 4) is 5.69 Å². The summed E-state index contributed by atoms with van der Waals surface area (Å²) in [5.74, 6) is 0.0266. The molecule has 39 heavy (non-hydrogen) atoms. The van der Waals surface area contributed by atoms with E-state index in [1.807, 2.05) is 63.2 Å². The highest BCUT2D eigenvalue weighted by Gasteiger charge is 2.31. The molecule has 4 aromatic rings. The van der Waals surface area contributed by atoms with Crippen LogP contribution < -0.4 is 5.56 Å². The number of non-ortho nitro benzene ring substituents is 1. The Morgan fingerprint density at radius 2 is 1.82 bits per heavy atom. The first-order valence-electron chi connectivity index (χ1n) is 12.6. The second-order valence-corrected chi connectivity index (χ2v) is 10.0. The number of hydrogen-bond acceptors (Lipinski definition) is 6. The van der Waals surface area contributed by atoms with E-state index < -0.39 is 16.9 Å². The fourth-order valence-corrected chi connectivity index (χ4v) is 4.84. The van der Waals surface area contributed by atoms with Crippen LogP contribution in [0.25, 0.3) is 16.6 Å². The first-order chi connectivity index (χ1) is 18.6. The van der Waals surface area contributed by atoms with Crippen LogP contribution in [-0.4, -0.2) is 57.4 Å². The molecule has 0 aliphatic heterocycles. The minimum absolute atomic E-state index is 0.0125. The third-order valence-corrected chi connectivity index (χ3v) is 6.88. The van der Waals surface area contributed by atoms with Crippen LogP contribution in [0.4, 0.5) is 5.69 Å². The number of nitro benzene ring substituents is 1. The molecule has 1 unspecified atom stereocenters. The van der Waals surface area contributed by atoms with Gasteiger partial charge < -0.3 is 9.80 Å². The number of nitro groups is 1. The zero-order chi connectivity index (χ0) is 28.3. The summed E-state index contributed by atoms with van der Waals surface area (Å²) in [4.78, 5) is 47.1. The summed E-state index contributed by atoms with van der Waals surface area (Å²) in [5.41, 5.74) is 1.88. The molecule has 1 aromatic heterocycles. The van der Waals surface area contributed by atoms with Crippen molar-refractivity contribution in [3.05, 3.63) is 109 Å². The molecule has 4 rings (SSSR count). The number of nitrogens with zero attached hydrogens (tertiary/aromatic N) is 5. The molecule has 0 spiro atoms. The number of carbonyl (C=O) groups is 1. The maximum Gasteiger partial charge on any atom is 0.270 e. The van der Waals surface area contributed by atoms with Crippen LogP contribution in [0.3, 0.4) is 0 Å². The van der Waals surface area contributed by atoms with Gasteiger partial charge in [-0.1, -0.05) is 42.8 Å². The van der Waals surface area contributed by atoms with Gasteiger partial charge in [-0.05, 0) is 63.3 Å². The van der Waals surface area contributed by atoms with Gasteiger partial charge in [-0.25, -0.2) is 4.98 Å². The average Bonchev–Trinajstić information content (AvgIpc) is 2.90. The Balaban J connectivity index is 1.94. The molecule has 3 aromatic carbocycles. The van der Waals surface area contributed by atoms with Crippen molar-refractivity contribution >= 4 is 34.1 Å². The molecule has 0 saturated heterocycles. The summed E-state index contributed by atoms with van der Waals surface area (Å²) in [6.45, 7) is 4.73. The fourth-order valence-electron chi connectivity index (χ4n) is 4.58. The van der Waals surface area contributed by atoms with Crippen LogP contribution in [0.2, 0.25) is 5.02 Å². The highest BCUT2D eigenvalue weighted by molar-refractivity contribution is 6.34. The van der Waals surface area contributed by atoms with Gasteiger partial charge in [0.05, 0.1) is 38.1 Å². The Labute approximate surface area is 231 Å². The van der Waals surface area contributed by atoms with Gasteiger partial charge in [0.15, 0.2) is 0 Å². The number of aromatic nitrogens is 2. The SMILES string of the molecule is CCC(c1nc2ccccc2c(=O)n1-c1cccc(C)c1)N(CCN(C)C)C(=O)c1ccc([N+](=O)[O-])cc1Cl.